The monoisotopic (exact) mass is 308 g/mol. The van der Waals surface area contributed by atoms with Gasteiger partial charge in [0.1, 0.15) is 11.5 Å². The van der Waals surface area contributed by atoms with E-state index in [-0.39, 0.29) is 5.91 Å². The molecule has 0 radical (unpaired) electrons. The maximum absolute atomic E-state index is 12.7. The van der Waals surface area contributed by atoms with Crippen molar-refractivity contribution in [2.24, 2.45) is 0 Å². The number of hydrogen-bond acceptors (Lipinski definition) is 4. The quantitative estimate of drug-likeness (QED) is 0.856. The second-order valence-electron chi connectivity index (χ2n) is 6.14. The highest BCUT2D eigenvalue weighted by Gasteiger charge is 2.26. The summed E-state index contributed by atoms with van der Waals surface area (Å²) in [5.74, 6) is 0.815. The molecule has 1 aromatic heterocycles. The zero-order valence-corrected chi connectivity index (χ0v) is 13.1. The number of fused-ring (bicyclic) bond motifs is 1. The van der Waals surface area contributed by atoms with Crippen LogP contribution in [-0.4, -0.2) is 35.5 Å². The summed E-state index contributed by atoms with van der Waals surface area (Å²) >= 11 is 0. The lowest BCUT2D eigenvalue weighted by atomic mass is 10.1. The number of rotatable bonds is 2. The van der Waals surface area contributed by atoms with Gasteiger partial charge in [0.15, 0.2) is 0 Å². The Bertz CT molecular complexity index is 707. The van der Waals surface area contributed by atoms with Crippen LogP contribution in [0.3, 0.4) is 0 Å². The van der Waals surface area contributed by atoms with Crippen LogP contribution in [0.5, 0.6) is 0 Å². The fourth-order valence-corrected chi connectivity index (χ4v) is 3.41. The van der Waals surface area contributed by atoms with Gasteiger partial charge in [0.05, 0.1) is 12.4 Å². The molecule has 1 saturated heterocycles. The van der Waals surface area contributed by atoms with Gasteiger partial charge in [0.25, 0.3) is 5.91 Å². The molecule has 1 aromatic carbocycles. The van der Waals surface area contributed by atoms with E-state index in [0.717, 1.165) is 31.0 Å². The van der Waals surface area contributed by atoms with Gasteiger partial charge in [-0.1, -0.05) is 18.2 Å². The SMILES string of the molecule is O=C(c1cnc(N2CCCCC2)cn1)N1CCc2ccccc21. The summed E-state index contributed by atoms with van der Waals surface area (Å²) in [6.07, 6.45) is 7.95. The van der Waals surface area contributed by atoms with Gasteiger partial charge in [-0.25, -0.2) is 9.97 Å². The molecule has 118 valence electrons. The summed E-state index contributed by atoms with van der Waals surface area (Å²) in [6.45, 7) is 2.77. The van der Waals surface area contributed by atoms with Gasteiger partial charge in [-0.05, 0) is 37.3 Å². The van der Waals surface area contributed by atoms with Crippen molar-refractivity contribution >= 4 is 17.4 Å². The van der Waals surface area contributed by atoms with Crippen LogP contribution in [0.1, 0.15) is 35.3 Å². The molecule has 0 spiro atoms. The molecule has 0 aliphatic carbocycles. The number of piperidine rings is 1. The molecule has 0 bridgehead atoms. The number of carbonyl (C=O) groups is 1. The predicted molar refractivity (Wildman–Crippen MR) is 89.9 cm³/mol. The van der Waals surface area contributed by atoms with Gasteiger partial charge in [-0.3, -0.25) is 4.79 Å². The third kappa shape index (κ3) is 2.67. The van der Waals surface area contributed by atoms with Crippen molar-refractivity contribution in [3.05, 3.63) is 47.9 Å². The number of para-hydroxylation sites is 1. The highest BCUT2D eigenvalue weighted by molar-refractivity contribution is 6.05. The highest BCUT2D eigenvalue weighted by atomic mass is 16.2. The molecule has 0 unspecified atom stereocenters. The van der Waals surface area contributed by atoms with Gasteiger partial charge in [-0.15, -0.1) is 0 Å². The van der Waals surface area contributed by atoms with Gasteiger partial charge >= 0.3 is 0 Å². The van der Waals surface area contributed by atoms with Crippen molar-refractivity contribution in [1.29, 1.82) is 0 Å². The number of anilines is 2. The Morgan fingerprint density at radius 2 is 1.78 bits per heavy atom. The Hall–Kier alpha value is -2.43. The molecule has 3 heterocycles. The normalized spacial score (nSPS) is 17.2. The summed E-state index contributed by atoms with van der Waals surface area (Å²) in [5, 5.41) is 0. The number of hydrogen-bond donors (Lipinski definition) is 0. The first kappa shape index (κ1) is 14.2. The molecule has 23 heavy (non-hydrogen) atoms. The third-order valence-corrected chi connectivity index (χ3v) is 4.67. The molecule has 4 rings (SSSR count). The van der Waals surface area contributed by atoms with Crippen molar-refractivity contribution < 1.29 is 4.79 Å². The van der Waals surface area contributed by atoms with Gasteiger partial charge in [-0.2, -0.15) is 0 Å². The van der Waals surface area contributed by atoms with E-state index in [4.69, 9.17) is 0 Å². The summed E-state index contributed by atoms with van der Waals surface area (Å²) in [6, 6.07) is 8.05. The first-order chi connectivity index (χ1) is 11.3. The number of amides is 1. The molecule has 0 atom stereocenters. The summed E-state index contributed by atoms with van der Waals surface area (Å²) < 4.78 is 0. The molecule has 2 aromatic rings. The first-order valence-electron chi connectivity index (χ1n) is 8.30. The average molecular weight is 308 g/mol. The van der Waals surface area contributed by atoms with Crippen LogP contribution in [0.2, 0.25) is 0 Å². The first-order valence-corrected chi connectivity index (χ1v) is 8.30. The Labute approximate surface area is 136 Å². The van der Waals surface area contributed by atoms with Gasteiger partial charge in [0.2, 0.25) is 0 Å². The van der Waals surface area contributed by atoms with Gasteiger partial charge in [0, 0.05) is 25.3 Å². The molecule has 5 nitrogen and oxygen atoms in total. The standard InChI is InChI=1S/C18H20N4O/c23-18(22-11-8-14-6-2-3-7-16(14)22)15-12-20-17(13-19-15)21-9-4-1-5-10-21/h2-3,6-7,12-13H,1,4-5,8-11H2. The Morgan fingerprint density at radius 1 is 0.957 bits per heavy atom. The minimum atomic E-state index is -0.0624. The Kier molecular flexibility index (Phi) is 3.69. The molecular formula is C18H20N4O. The Morgan fingerprint density at radius 3 is 2.57 bits per heavy atom. The number of benzene rings is 1. The van der Waals surface area contributed by atoms with E-state index in [2.05, 4.69) is 20.9 Å². The average Bonchev–Trinajstić information content (AvgIpc) is 3.06. The maximum atomic E-state index is 12.7. The van der Waals surface area contributed by atoms with Crippen molar-refractivity contribution in [2.75, 3.05) is 29.4 Å². The van der Waals surface area contributed by atoms with Crippen LogP contribution < -0.4 is 9.80 Å². The topological polar surface area (TPSA) is 49.3 Å². The van der Waals surface area contributed by atoms with Crippen LogP contribution in [0.4, 0.5) is 11.5 Å². The number of aromatic nitrogens is 2. The molecule has 1 fully saturated rings. The largest absolute Gasteiger partial charge is 0.355 e. The molecule has 5 heteroatoms. The van der Waals surface area contributed by atoms with E-state index < -0.39 is 0 Å². The molecule has 0 N–H and O–H groups in total. The summed E-state index contributed by atoms with van der Waals surface area (Å²) in [4.78, 5) is 25.6. The number of nitrogens with zero attached hydrogens (tertiary/aromatic N) is 4. The van der Waals surface area contributed by atoms with Crippen LogP contribution >= 0.6 is 0 Å². The van der Waals surface area contributed by atoms with Crippen LogP contribution in [0.15, 0.2) is 36.7 Å². The lowest BCUT2D eigenvalue weighted by molar-refractivity contribution is 0.0984. The van der Waals surface area contributed by atoms with Crippen LogP contribution in [-0.2, 0) is 6.42 Å². The van der Waals surface area contributed by atoms with Gasteiger partial charge < -0.3 is 9.80 Å². The Balaban J connectivity index is 1.53. The lowest BCUT2D eigenvalue weighted by Gasteiger charge is -2.27. The van der Waals surface area contributed by atoms with Crippen LogP contribution in [0, 0.1) is 0 Å². The van der Waals surface area contributed by atoms with E-state index in [9.17, 15) is 4.79 Å². The third-order valence-electron chi connectivity index (χ3n) is 4.67. The van der Waals surface area contributed by atoms with E-state index in [1.165, 1.54) is 24.8 Å². The molecule has 0 saturated carbocycles. The van der Waals surface area contributed by atoms with E-state index in [1.54, 1.807) is 17.3 Å². The van der Waals surface area contributed by atoms with E-state index >= 15 is 0 Å². The van der Waals surface area contributed by atoms with Crippen molar-refractivity contribution in [1.82, 2.24) is 9.97 Å². The zero-order chi connectivity index (χ0) is 15.6. The van der Waals surface area contributed by atoms with Crippen molar-refractivity contribution in [3.8, 4) is 0 Å². The molecule has 2 aliphatic rings. The summed E-state index contributed by atoms with van der Waals surface area (Å²) in [7, 11) is 0. The lowest BCUT2D eigenvalue weighted by Crippen LogP contribution is -2.32. The predicted octanol–water partition coefficient (Wildman–Crippen LogP) is 2.67. The van der Waals surface area contributed by atoms with Crippen molar-refractivity contribution in [3.63, 3.8) is 0 Å². The minimum Gasteiger partial charge on any atom is -0.355 e. The van der Waals surface area contributed by atoms with Crippen LogP contribution in [0.25, 0.3) is 0 Å². The zero-order valence-electron chi connectivity index (χ0n) is 13.1. The molecule has 1 amide bonds. The highest BCUT2D eigenvalue weighted by Crippen LogP contribution is 2.28. The second kappa shape index (κ2) is 5.99. The van der Waals surface area contributed by atoms with E-state index in [1.807, 2.05) is 18.2 Å². The summed E-state index contributed by atoms with van der Waals surface area (Å²) in [5.41, 5.74) is 2.64. The molecular weight excluding hydrogens is 288 g/mol. The van der Waals surface area contributed by atoms with E-state index in [0.29, 0.717) is 12.2 Å². The number of carbonyl (C=O) groups excluding carboxylic acids is 1. The minimum absolute atomic E-state index is 0.0624. The fourth-order valence-electron chi connectivity index (χ4n) is 3.41. The maximum Gasteiger partial charge on any atom is 0.278 e. The fraction of sp³-hybridized carbons (Fsp3) is 0.389. The second-order valence-corrected chi connectivity index (χ2v) is 6.14. The molecule has 2 aliphatic heterocycles. The van der Waals surface area contributed by atoms with Crippen molar-refractivity contribution in [2.45, 2.75) is 25.7 Å². The smallest absolute Gasteiger partial charge is 0.278 e.